The lowest BCUT2D eigenvalue weighted by Crippen LogP contribution is -1.68. The van der Waals surface area contributed by atoms with Crippen molar-refractivity contribution in [1.29, 1.82) is 0 Å². The molecule has 3 aromatic rings. The molecule has 0 bridgehead atoms. The van der Waals surface area contributed by atoms with E-state index >= 15 is 0 Å². The second-order valence-corrected chi connectivity index (χ2v) is 3.73. The summed E-state index contributed by atoms with van der Waals surface area (Å²) in [6.07, 6.45) is 0. The molecule has 0 radical (unpaired) electrons. The zero-order valence-corrected chi connectivity index (χ0v) is 8.29. The molecule has 14 heavy (non-hydrogen) atoms. The van der Waals surface area contributed by atoms with Crippen LogP contribution in [-0.2, 0) is 0 Å². The summed E-state index contributed by atoms with van der Waals surface area (Å²) < 4.78 is 5.68. The van der Waals surface area contributed by atoms with Crippen molar-refractivity contribution in [1.82, 2.24) is 0 Å². The van der Waals surface area contributed by atoms with Gasteiger partial charge >= 0.3 is 0 Å². The van der Waals surface area contributed by atoms with Crippen molar-refractivity contribution in [3.63, 3.8) is 0 Å². The predicted octanol–water partition coefficient (Wildman–Crippen LogP) is 3.87. The van der Waals surface area contributed by atoms with Gasteiger partial charge in [-0.25, -0.2) is 0 Å². The number of furan rings is 1. The summed E-state index contributed by atoms with van der Waals surface area (Å²) in [5.74, 6) is 0. The fourth-order valence-corrected chi connectivity index (χ4v) is 2.07. The van der Waals surface area contributed by atoms with Gasteiger partial charge in [0.25, 0.3) is 0 Å². The summed E-state index contributed by atoms with van der Waals surface area (Å²) in [4.78, 5) is 0.965. The molecule has 0 unspecified atom stereocenters. The van der Waals surface area contributed by atoms with E-state index < -0.39 is 0 Å². The van der Waals surface area contributed by atoms with Gasteiger partial charge in [0.15, 0.2) is 0 Å². The van der Waals surface area contributed by atoms with E-state index in [9.17, 15) is 0 Å². The molecule has 68 valence electrons. The lowest BCUT2D eigenvalue weighted by molar-refractivity contribution is 0.668. The van der Waals surface area contributed by atoms with E-state index in [-0.39, 0.29) is 0 Å². The second-order valence-electron chi connectivity index (χ2n) is 3.25. The van der Waals surface area contributed by atoms with Gasteiger partial charge in [-0.1, -0.05) is 24.3 Å². The average Bonchev–Trinajstić information content (AvgIpc) is 2.57. The van der Waals surface area contributed by atoms with Crippen LogP contribution in [0, 0.1) is 0 Å². The third-order valence-electron chi connectivity index (χ3n) is 2.38. The molecule has 1 aromatic heterocycles. The first-order valence-corrected chi connectivity index (χ1v) is 4.90. The Hall–Kier alpha value is -1.41. The summed E-state index contributed by atoms with van der Waals surface area (Å²) in [6, 6.07) is 13.9. The lowest BCUT2D eigenvalue weighted by Gasteiger charge is -1.92. The van der Waals surface area contributed by atoms with Crippen molar-refractivity contribution in [2.24, 2.45) is 0 Å². The highest BCUT2D eigenvalue weighted by atomic mass is 32.1. The van der Waals surface area contributed by atoms with Crippen LogP contribution in [0.2, 0.25) is 0 Å². The van der Waals surface area contributed by atoms with Gasteiger partial charge in [0.2, 0.25) is 0 Å². The highest BCUT2D eigenvalue weighted by Crippen LogP contribution is 2.32. The van der Waals surface area contributed by atoms with Crippen LogP contribution in [-0.4, -0.2) is 0 Å². The predicted molar refractivity (Wildman–Crippen MR) is 61.0 cm³/mol. The van der Waals surface area contributed by atoms with Crippen LogP contribution >= 0.6 is 12.6 Å². The van der Waals surface area contributed by atoms with Gasteiger partial charge < -0.3 is 4.42 Å². The molecule has 0 aliphatic heterocycles. The van der Waals surface area contributed by atoms with Crippen LogP contribution in [0.15, 0.2) is 51.8 Å². The Kier molecular flexibility index (Phi) is 1.58. The molecule has 0 N–H and O–H groups in total. The van der Waals surface area contributed by atoms with E-state index in [4.69, 9.17) is 4.42 Å². The molecule has 0 saturated carbocycles. The molecule has 0 aliphatic rings. The minimum atomic E-state index is 0.902. The van der Waals surface area contributed by atoms with Crippen LogP contribution in [0.3, 0.4) is 0 Å². The lowest BCUT2D eigenvalue weighted by atomic mass is 10.1. The maximum atomic E-state index is 5.68. The standard InChI is InChI=1S/C12H8OS/c14-11-7-3-6-10-12(11)8-4-1-2-5-9(8)13-10/h1-7,14H. The van der Waals surface area contributed by atoms with E-state index in [1.807, 2.05) is 36.4 Å². The topological polar surface area (TPSA) is 13.1 Å². The third kappa shape index (κ3) is 0.976. The Balaban J connectivity index is 2.65. The number of para-hydroxylation sites is 1. The number of hydrogen-bond acceptors (Lipinski definition) is 2. The van der Waals surface area contributed by atoms with Crippen LogP contribution in [0.25, 0.3) is 21.9 Å². The molecule has 0 fully saturated rings. The zero-order chi connectivity index (χ0) is 9.54. The van der Waals surface area contributed by atoms with Crippen molar-refractivity contribution in [2.45, 2.75) is 4.90 Å². The summed E-state index contributed by atoms with van der Waals surface area (Å²) in [5.41, 5.74) is 1.82. The zero-order valence-electron chi connectivity index (χ0n) is 7.40. The molecule has 2 heteroatoms. The molecule has 0 aliphatic carbocycles. The summed E-state index contributed by atoms with van der Waals surface area (Å²) in [5, 5.41) is 2.24. The number of benzene rings is 2. The molecule has 0 spiro atoms. The quantitative estimate of drug-likeness (QED) is 0.543. The van der Waals surface area contributed by atoms with Gasteiger partial charge in [0.1, 0.15) is 11.2 Å². The average molecular weight is 200 g/mol. The molecule has 1 heterocycles. The molecule has 2 aromatic carbocycles. The number of rotatable bonds is 0. The molecular weight excluding hydrogens is 192 g/mol. The Morgan fingerprint density at radius 3 is 2.57 bits per heavy atom. The summed E-state index contributed by atoms with van der Waals surface area (Å²) in [7, 11) is 0. The van der Waals surface area contributed by atoms with Crippen molar-refractivity contribution in [3.8, 4) is 0 Å². The molecule has 0 saturated heterocycles. The van der Waals surface area contributed by atoms with E-state index in [1.54, 1.807) is 0 Å². The van der Waals surface area contributed by atoms with Gasteiger partial charge in [-0.05, 0) is 18.2 Å². The maximum absolute atomic E-state index is 5.68. The van der Waals surface area contributed by atoms with Crippen molar-refractivity contribution < 1.29 is 4.42 Å². The van der Waals surface area contributed by atoms with E-state index in [2.05, 4.69) is 18.7 Å². The fourth-order valence-electron chi connectivity index (χ4n) is 1.76. The van der Waals surface area contributed by atoms with Crippen LogP contribution in [0.4, 0.5) is 0 Å². The first kappa shape index (κ1) is 7.94. The second kappa shape index (κ2) is 2.79. The molecule has 0 atom stereocenters. The highest BCUT2D eigenvalue weighted by molar-refractivity contribution is 7.80. The van der Waals surface area contributed by atoms with E-state index in [0.29, 0.717) is 0 Å². The SMILES string of the molecule is Sc1cccc2oc3ccccc3c12. The van der Waals surface area contributed by atoms with Crippen molar-refractivity contribution in [3.05, 3.63) is 42.5 Å². The van der Waals surface area contributed by atoms with Crippen LogP contribution < -0.4 is 0 Å². The summed E-state index contributed by atoms with van der Waals surface area (Å²) in [6.45, 7) is 0. The van der Waals surface area contributed by atoms with Gasteiger partial charge in [-0.2, -0.15) is 0 Å². The Morgan fingerprint density at radius 2 is 1.64 bits per heavy atom. The molecule has 3 rings (SSSR count). The monoisotopic (exact) mass is 200 g/mol. The third-order valence-corrected chi connectivity index (χ3v) is 2.75. The fraction of sp³-hybridized carbons (Fsp3) is 0. The maximum Gasteiger partial charge on any atom is 0.136 e. The minimum absolute atomic E-state index is 0.902. The Bertz CT molecular complexity index is 610. The number of hydrogen-bond donors (Lipinski definition) is 1. The van der Waals surface area contributed by atoms with Crippen LogP contribution in [0.5, 0.6) is 0 Å². The van der Waals surface area contributed by atoms with E-state index in [1.165, 1.54) is 0 Å². The number of thiol groups is 1. The van der Waals surface area contributed by atoms with Gasteiger partial charge in [0, 0.05) is 15.7 Å². The highest BCUT2D eigenvalue weighted by Gasteiger charge is 2.07. The van der Waals surface area contributed by atoms with Gasteiger partial charge in [-0.3, -0.25) is 0 Å². The van der Waals surface area contributed by atoms with Gasteiger partial charge in [0.05, 0.1) is 0 Å². The Labute approximate surface area is 86.7 Å². The summed E-state index contributed by atoms with van der Waals surface area (Å²) >= 11 is 4.43. The largest absolute Gasteiger partial charge is 0.456 e. The first-order chi connectivity index (χ1) is 6.86. The minimum Gasteiger partial charge on any atom is -0.456 e. The van der Waals surface area contributed by atoms with Crippen molar-refractivity contribution >= 4 is 34.6 Å². The smallest absolute Gasteiger partial charge is 0.136 e. The normalized spacial score (nSPS) is 11.2. The molecular formula is C12H8OS. The molecule has 1 nitrogen and oxygen atoms in total. The first-order valence-electron chi connectivity index (χ1n) is 4.45. The Morgan fingerprint density at radius 1 is 0.857 bits per heavy atom. The van der Waals surface area contributed by atoms with Gasteiger partial charge in [-0.15, -0.1) is 12.6 Å². The van der Waals surface area contributed by atoms with Crippen LogP contribution in [0.1, 0.15) is 0 Å². The number of fused-ring (bicyclic) bond motifs is 3. The van der Waals surface area contributed by atoms with E-state index in [0.717, 1.165) is 26.8 Å². The van der Waals surface area contributed by atoms with Crippen molar-refractivity contribution in [2.75, 3.05) is 0 Å². The molecule has 0 amide bonds.